The van der Waals surface area contributed by atoms with Crippen LogP contribution in [0.2, 0.25) is 0 Å². The lowest BCUT2D eigenvalue weighted by Gasteiger charge is -2.08. The van der Waals surface area contributed by atoms with Crippen LogP contribution in [0.3, 0.4) is 0 Å². The molecule has 0 aliphatic heterocycles. The van der Waals surface area contributed by atoms with Crippen molar-refractivity contribution in [3.63, 3.8) is 0 Å². The van der Waals surface area contributed by atoms with Gasteiger partial charge >= 0.3 is 0 Å². The summed E-state index contributed by atoms with van der Waals surface area (Å²) in [5.74, 6) is -0.0971. The number of primary sulfonamides is 1. The van der Waals surface area contributed by atoms with Crippen LogP contribution in [0, 0.1) is 0 Å². The zero-order valence-electron chi connectivity index (χ0n) is 13.9. The van der Waals surface area contributed by atoms with E-state index in [9.17, 15) is 13.2 Å². The van der Waals surface area contributed by atoms with Crippen molar-refractivity contribution in [3.05, 3.63) is 84.4 Å². The molecule has 0 heterocycles. The summed E-state index contributed by atoms with van der Waals surface area (Å²) >= 11 is 0. The molecule has 3 aromatic rings. The van der Waals surface area contributed by atoms with Crippen molar-refractivity contribution in [3.8, 4) is 11.1 Å². The Bertz CT molecular complexity index is 1010. The molecule has 0 aromatic heterocycles. The third-order valence-corrected chi connectivity index (χ3v) is 4.78. The zero-order valence-corrected chi connectivity index (χ0v) is 14.7. The quantitative estimate of drug-likeness (QED) is 0.727. The Kier molecular flexibility index (Phi) is 5.16. The molecule has 5 nitrogen and oxygen atoms in total. The SMILES string of the molecule is NS(=O)(=O)c1cccc(-c2ccc(NC(=O)Cc3ccccc3)cc2)c1. The maximum Gasteiger partial charge on any atom is 0.238 e. The van der Waals surface area contributed by atoms with Gasteiger partial charge in [0, 0.05) is 5.69 Å². The van der Waals surface area contributed by atoms with Gasteiger partial charge in [-0.2, -0.15) is 0 Å². The highest BCUT2D eigenvalue weighted by Gasteiger charge is 2.09. The molecule has 0 fully saturated rings. The molecular formula is C20H18N2O3S. The number of rotatable bonds is 5. The van der Waals surface area contributed by atoms with Gasteiger partial charge in [0.15, 0.2) is 0 Å². The van der Waals surface area contributed by atoms with E-state index in [1.54, 1.807) is 24.3 Å². The molecule has 0 aliphatic rings. The second kappa shape index (κ2) is 7.51. The number of hydrogen-bond acceptors (Lipinski definition) is 3. The highest BCUT2D eigenvalue weighted by atomic mass is 32.2. The Morgan fingerprint density at radius 1 is 0.846 bits per heavy atom. The van der Waals surface area contributed by atoms with Gasteiger partial charge in [-0.15, -0.1) is 0 Å². The molecule has 0 unspecified atom stereocenters. The Balaban J connectivity index is 1.72. The Labute approximate surface area is 152 Å². The molecule has 0 bridgehead atoms. The minimum absolute atomic E-state index is 0.0650. The molecule has 0 saturated carbocycles. The van der Waals surface area contributed by atoms with E-state index < -0.39 is 10.0 Å². The van der Waals surface area contributed by atoms with E-state index in [2.05, 4.69) is 5.32 Å². The lowest BCUT2D eigenvalue weighted by atomic mass is 10.1. The number of nitrogens with one attached hydrogen (secondary N) is 1. The number of nitrogens with two attached hydrogens (primary N) is 1. The Morgan fingerprint density at radius 3 is 2.19 bits per heavy atom. The van der Waals surface area contributed by atoms with E-state index in [-0.39, 0.29) is 10.8 Å². The third kappa shape index (κ3) is 4.56. The van der Waals surface area contributed by atoms with Crippen molar-refractivity contribution in [2.75, 3.05) is 5.32 Å². The first-order valence-corrected chi connectivity index (χ1v) is 9.53. The van der Waals surface area contributed by atoms with Crippen molar-refractivity contribution < 1.29 is 13.2 Å². The Hall–Kier alpha value is -2.96. The molecule has 3 N–H and O–H groups in total. The first-order chi connectivity index (χ1) is 12.4. The maximum absolute atomic E-state index is 12.1. The van der Waals surface area contributed by atoms with Crippen LogP contribution in [0.15, 0.2) is 83.8 Å². The highest BCUT2D eigenvalue weighted by Crippen LogP contribution is 2.23. The fourth-order valence-corrected chi connectivity index (χ4v) is 3.14. The van der Waals surface area contributed by atoms with Crippen molar-refractivity contribution in [1.82, 2.24) is 0 Å². The van der Waals surface area contributed by atoms with Crippen LogP contribution >= 0.6 is 0 Å². The van der Waals surface area contributed by atoms with Gasteiger partial charge in [-0.1, -0.05) is 54.6 Å². The predicted octanol–water partition coefficient (Wildman–Crippen LogP) is 3.18. The highest BCUT2D eigenvalue weighted by molar-refractivity contribution is 7.89. The molecular weight excluding hydrogens is 348 g/mol. The van der Waals surface area contributed by atoms with E-state index in [1.807, 2.05) is 42.5 Å². The summed E-state index contributed by atoms with van der Waals surface area (Å²) < 4.78 is 22.9. The van der Waals surface area contributed by atoms with Gasteiger partial charge in [0.1, 0.15) is 0 Å². The average molecular weight is 366 g/mol. The first kappa shape index (κ1) is 17.8. The molecule has 6 heteroatoms. The number of hydrogen-bond donors (Lipinski definition) is 2. The van der Waals surface area contributed by atoms with Crippen LogP contribution in [-0.2, 0) is 21.2 Å². The molecule has 132 valence electrons. The summed E-state index contributed by atoms with van der Waals surface area (Å²) in [6.45, 7) is 0. The van der Waals surface area contributed by atoms with Crippen molar-refractivity contribution in [2.24, 2.45) is 5.14 Å². The second-order valence-corrected chi connectivity index (χ2v) is 7.42. The maximum atomic E-state index is 12.1. The van der Waals surface area contributed by atoms with Gasteiger partial charge in [0.05, 0.1) is 11.3 Å². The molecule has 0 radical (unpaired) electrons. The van der Waals surface area contributed by atoms with E-state index >= 15 is 0 Å². The molecule has 1 amide bonds. The summed E-state index contributed by atoms with van der Waals surface area (Å²) in [6, 6.07) is 23.1. The number of benzene rings is 3. The van der Waals surface area contributed by atoms with Crippen molar-refractivity contribution in [2.45, 2.75) is 11.3 Å². The molecule has 0 saturated heterocycles. The van der Waals surface area contributed by atoms with Crippen LogP contribution in [-0.4, -0.2) is 14.3 Å². The van der Waals surface area contributed by atoms with Gasteiger partial charge in [-0.3, -0.25) is 4.79 Å². The number of sulfonamides is 1. The summed E-state index contributed by atoms with van der Waals surface area (Å²) in [5.41, 5.74) is 3.19. The number of carbonyl (C=O) groups excluding carboxylic acids is 1. The average Bonchev–Trinajstić information content (AvgIpc) is 2.62. The molecule has 0 aliphatic carbocycles. The van der Waals surface area contributed by atoms with Gasteiger partial charge < -0.3 is 5.32 Å². The first-order valence-electron chi connectivity index (χ1n) is 7.99. The smallest absolute Gasteiger partial charge is 0.238 e. The fourth-order valence-electron chi connectivity index (χ4n) is 2.59. The summed E-state index contributed by atoms with van der Waals surface area (Å²) in [4.78, 5) is 12.2. The summed E-state index contributed by atoms with van der Waals surface area (Å²) in [6.07, 6.45) is 0.305. The predicted molar refractivity (Wildman–Crippen MR) is 102 cm³/mol. The lowest BCUT2D eigenvalue weighted by molar-refractivity contribution is -0.115. The van der Waals surface area contributed by atoms with E-state index in [0.717, 1.165) is 16.7 Å². The number of carbonyl (C=O) groups is 1. The normalized spacial score (nSPS) is 11.1. The van der Waals surface area contributed by atoms with Gasteiger partial charge in [0.2, 0.25) is 15.9 Å². The van der Waals surface area contributed by atoms with Crippen LogP contribution in [0.25, 0.3) is 11.1 Å². The molecule has 3 rings (SSSR count). The summed E-state index contributed by atoms with van der Waals surface area (Å²) in [5, 5.41) is 8.02. The van der Waals surface area contributed by atoms with Crippen LogP contribution in [0.5, 0.6) is 0 Å². The molecule has 0 spiro atoms. The van der Waals surface area contributed by atoms with Crippen molar-refractivity contribution in [1.29, 1.82) is 0 Å². The molecule has 3 aromatic carbocycles. The minimum atomic E-state index is -3.74. The van der Waals surface area contributed by atoms with Gasteiger partial charge in [0.25, 0.3) is 0 Å². The molecule has 0 atom stereocenters. The van der Waals surface area contributed by atoms with E-state index in [0.29, 0.717) is 12.1 Å². The Morgan fingerprint density at radius 2 is 1.54 bits per heavy atom. The monoisotopic (exact) mass is 366 g/mol. The van der Waals surface area contributed by atoms with Crippen LogP contribution < -0.4 is 10.5 Å². The standard InChI is InChI=1S/C20H18N2O3S/c21-26(24,25)19-8-4-7-17(14-19)16-9-11-18(12-10-16)22-20(23)13-15-5-2-1-3-6-15/h1-12,14H,13H2,(H,22,23)(H2,21,24,25). The van der Waals surface area contributed by atoms with E-state index in [1.165, 1.54) is 12.1 Å². The minimum Gasteiger partial charge on any atom is -0.326 e. The van der Waals surface area contributed by atoms with Crippen molar-refractivity contribution >= 4 is 21.6 Å². The second-order valence-electron chi connectivity index (χ2n) is 5.86. The van der Waals surface area contributed by atoms with Gasteiger partial charge in [-0.25, -0.2) is 13.6 Å². The van der Waals surface area contributed by atoms with E-state index in [4.69, 9.17) is 5.14 Å². The van der Waals surface area contributed by atoms with Gasteiger partial charge in [-0.05, 0) is 41.0 Å². The largest absolute Gasteiger partial charge is 0.326 e. The lowest BCUT2D eigenvalue weighted by Crippen LogP contribution is -2.14. The topological polar surface area (TPSA) is 89.3 Å². The van der Waals surface area contributed by atoms with Crippen LogP contribution in [0.4, 0.5) is 5.69 Å². The van der Waals surface area contributed by atoms with Crippen LogP contribution in [0.1, 0.15) is 5.56 Å². The molecule has 26 heavy (non-hydrogen) atoms. The summed E-state index contributed by atoms with van der Waals surface area (Å²) in [7, 11) is -3.74. The zero-order chi connectivity index (χ0) is 18.6. The third-order valence-electron chi connectivity index (χ3n) is 3.87. The number of amides is 1. The number of anilines is 1. The fraction of sp³-hybridized carbons (Fsp3) is 0.0500.